The van der Waals surface area contributed by atoms with Gasteiger partial charge in [-0.25, -0.2) is 0 Å². The van der Waals surface area contributed by atoms with Crippen molar-refractivity contribution in [3.05, 3.63) is 12.2 Å². The van der Waals surface area contributed by atoms with E-state index >= 15 is 0 Å². The second kappa shape index (κ2) is 8.15. The van der Waals surface area contributed by atoms with Crippen LogP contribution in [0.15, 0.2) is 12.2 Å². The molecule has 1 saturated heterocycles. The quantitative estimate of drug-likeness (QED) is 0.757. The van der Waals surface area contributed by atoms with Gasteiger partial charge in [-0.2, -0.15) is 0 Å². The smallest absolute Gasteiger partial charge is 0.226 e. The molecule has 3 atom stereocenters. The van der Waals surface area contributed by atoms with Gasteiger partial charge in [0, 0.05) is 19.1 Å². The molecule has 0 aromatic rings. The lowest BCUT2D eigenvalue weighted by Gasteiger charge is -2.34. The van der Waals surface area contributed by atoms with Crippen LogP contribution in [0, 0.1) is 17.8 Å². The molecule has 0 unspecified atom stereocenters. The minimum atomic E-state index is -0.228. The molecule has 0 aromatic heterocycles. The number of amides is 2. The van der Waals surface area contributed by atoms with Crippen LogP contribution < -0.4 is 5.32 Å². The molecule has 1 N–H and O–H groups in total. The maximum atomic E-state index is 12.8. The van der Waals surface area contributed by atoms with E-state index in [-0.39, 0.29) is 29.7 Å². The highest BCUT2D eigenvalue weighted by atomic mass is 16.5. The van der Waals surface area contributed by atoms with Gasteiger partial charge >= 0.3 is 0 Å². The molecule has 3 rings (SSSR count). The van der Waals surface area contributed by atoms with Gasteiger partial charge in [0.25, 0.3) is 0 Å². The van der Waals surface area contributed by atoms with Crippen molar-refractivity contribution in [2.45, 2.75) is 51.5 Å². The van der Waals surface area contributed by atoms with Crippen LogP contribution in [-0.2, 0) is 14.3 Å². The zero-order valence-corrected chi connectivity index (χ0v) is 14.7. The molecule has 24 heavy (non-hydrogen) atoms. The molecule has 5 heteroatoms. The Balaban J connectivity index is 1.55. The van der Waals surface area contributed by atoms with Gasteiger partial charge in [0.15, 0.2) is 0 Å². The van der Waals surface area contributed by atoms with Crippen molar-refractivity contribution in [2.24, 2.45) is 17.8 Å². The van der Waals surface area contributed by atoms with Crippen LogP contribution in [0.2, 0.25) is 0 Å². The molecule has 2 fully saturated rings. The average Bonchev–Trinajstić information content (AvgIpc) is 3.44. The van der Waals surface area contributed by atoms with Gasteiger partial charge in [-0.05, 0) is 38.5 Å². The van der Waals surface area contributed by atoms with Gasteiger partial charge in [0.05, 0.1) is 25.0 Å². The predicted molar refractivity (Wildman–Crippen MR) is 92.3 cm³/mol. The maximum absolute atomic E-state index is 12.8. The summed E-state index contributed by atoms with van der Waals surface area (Å²) >= 11 is 0. The first-order chi connectivity index (χ1) is 11.6. The lowest BCUT2D eigenvalue weighted by atomic mass is 9.81. The van der Waals surface area contributed by atoms with E-state index in [1.165, 1.54) is 19.3 Å². The Labute approximate surface area is 144 Å². The van der Waals surface area contributed by atoms with Gasteiger partial charge in [-0.15, -0.1) is 0 Å². The van der Waals surface area contributed by atoms with Gasteiger partial charge in [-0.1, -0.05) is 25.0 Å². The SMILES string of the molecule is C[C@H](CCC1CC1)NC(=O)[C@@H]1CC=CC[C@H]1C(=O)N1CCOCC1. The molecule has 0 aromatic carbocycles. The summed E-state index contributed by atoms with van der Waals surface area (Å²) in [6.07, 6.45) is 10.4. The van der Waals surface area contributed by atoms with Gasteiger partial charge < -0.3 is 15.0 Å². The predicted octanol–water partition coefficient (Wildman–Crippen LogP) is 2.12. The normalized spacial score (nSPS) is 28.5. The molecule has 1 aliphatic heterocycles. The molecule has 0 bridgehead atoms. The minimum absolute atomic E-state index is 0.0502. The summed E-state index contributed by atoms with van der Waals surface area (Å²) in [4.78, 5) is 27.4. The van der Waals surface area contributed by atoms with E-state index in [2.05, 4.69) is 12.2 Å². The zero-order chi connectivity index (χ0) is 16.9. The van der Waals surface area contributed by atoms with Crippen LogP contribution in [0.5, 0.6) is 0 Å². The summed E-state index contributed by atoms with van der Waals surface area (Å²) in [5, 5.41) is 3.15. The third kappa shape index (κ3) is 4.59. The Kier molecular flexibility index (Phi) is 5.93. The number of allylic oxidation sites excluding steroid dienone is 2. The Bertz CT molecular complexity index is 481. The van der Waals surface area contributed by atoms with Crippen LogP contribution >= 0.6 is 0 Å². The Morgan fingerprint density at radius 1 is 1.17 bits per heavy atom. The first-order valence-corrected chi connectivity index (χ1v) is 9.47. The molecule has 3 aliphatic rings. The van der Waals surface area contributed by atoms with Crippen molar-refractivity contribution in [3.63, 3.8) is 0 Å². The van der Waals surface area contributed by atoms with Crippen molar-refractivity contribution in [2.75, 3.05) is 26.3 Å². The topological polar surface area (TPSA) is 58.6 Å². The second-order valence-corrected chi connectivity index (χ2v) is 7.52. The number of morpholine rings is 1. The molecular weight excluding hydrogens is 304 g/mol. The Morgan fingerprint density at radius 2 is 1.83 bits per heavy atom. The molecule has 134 valence electrons. The molecule has 0 radical (unpaired) electrons. The highest BCUT2D eigenvalue weighted by Crippen LogP contribution is 2.34. The van der Waals surface area contributed by atoms with Crippen LogP contribution in [0.3, 0.4) is 0 Å². The summed E-state index contributed by atoms with van der Waals surface area (Å²) < 4.78 is 5.33. The fourth-order valence-electron chi connectivity index (χ4n) is 3.71. The van der Waals surface area contributed by atoms with E-state index in [9.17, 15) is 9.59 Å². The van der Waals surface area contributed by atoms with Crippen molar-refractivity contribution in [1.29, 1.82) is 0 Å². The summed E-state index contributed by atoms with van der Waals surface area (Å²) in [5.74, 6) is 0.609. The van der Waals surface area contributed by atoms with Crippen LogP contribution in [-0.4, -0.2) is 49.1 Å². The fraction of sp³-hybridized carbons (Fsp3) is 0.789. The van der Waals surface area contributed by atoms with E-state index in [1.54, 1.807) is 0 Å². The van der Waals surface area contributed by atoms with Crippen LogP contribution in [0.4, 0.5) is 0 Å². The molecule has 5 nitrogen and oxygen atoms in total. The first kappa shape index (κ1) is 17.5. The van der Waals surface area contributed by atoms with Crippen molar-refractivity contribution in [1.82, 2.24) is 10.2 Å². The number of carbonyl (C=O) groups is 2. The number of nitrogens with one attached hydrogen (secondary N) is 1. The summed E-state index contributed by atoms with van der Waals surface area (Å²) in [6, 6.07) is 0.197. The number of rotatable bonds is 6. The molecule has 2 amide bonds. The van der Waals surface area contributed by atoms with Gasteiger partial charge in [0.1, 0.15) is 0 Å². The highest BCUT2D eigenvalue weighted by Gasteiger charge is 2.37. The molecule has 2 aliphatic carbocycles. The van der Waals surface area contributed by atoms with E-state index in [1.807, 2.05) is 17.1 Å². The summed E-state index contributed by atoms with van der Waals surface area (Å²) in [7, 11) is 0. The number of nitrogens with zero attached hydrogens (tertiary/aromatic N) is 1. The lowest BCUT2D eigenvalue weighted by molar-refractivity contribution is -0.145. The largest absolute Gasteiger partial charge is 0.378 e. The third-order valence-corrected chi connectivity index (χ3v) is 5.50. The standard InChI is InChI=1S/C19H30N2O3/c1-14(6-7-15-8-9-15)20-18(22)16-4-2-3-5-17(16)19(23)21-10-12-24-13-11-21/h2-3,14-17H,4-13H2,1H3,(H,20,22)/t14-,16-,17-/m1/s1. The van der Waals surface area contributed by atoms with Crippen LogP contribution in [0.25, 0.3) is 0 Å². The molecular formula is C19H30N2O3. The minimum Gasteiger partial charge on any atom is -0.378 e. The Hall–Kier alpha value is -1.36. The van der Waals surface area contributed by atoms with Crippen molar-refractivity contribution < 1.29 is 14.3 Å². The van der Waals surface area contributed by atoms with Gasteiger partial charge in [-0.3, -0.25) is 9.59 Å². The zero-order valence-electron chi connectivity index (χ0n) is 14.7. The molecule has 1 saturated carbocycles. The lowest BCUT2D eigenvalue weighted by Crippen LogP contribution is -2.49. The number of hydrogen-bond donors (Lipinski definition) is 1. The van der Waals surface area contributed by atoms with Gasteiger partial charge in [0.2, 0.25) is 11.8 Å². The van der Waals surface area contributed by atoms with E-state index in [0.717, 1.165) is 12.3 Å². The molecule has 1 heterocycles. The highest BCUT2D eigenvalue weighted by molar-refractivity contribution is 5.88. The molecule has 0 spiro atoms. The summed E-state index contributed by atoms with van der Waals surface area (Å²) in [5.41, 5.74) is 0. The monoisotopic (exact) mass is 334 g/mol. The van der Waals surface area contributed by atoms with Crippen molar-refractivity contribution in [3.8, 4) is 0 Å². The van der Waals surface area contributed by atoms with E-state index < -0.39 is 0 Å². The summed E-state index contributed by atoms with van der Waals surface area (Å²) in [6.45, 7) is 4.57. The second-order valence-electron chi connectivity index (χ2n) is 7.52. The fourth-order valence-corrected chi connectivity index (χ4v) is 3.71. The Morgan fingerprint density at radius 3 is 2.50 bits per heavy atom. The third-order valence-electron chi connectivity index (χ3n) is 5.50. The van der Waals surface area contributed by atoms with E-state index in [0.29, 0.717) is 39.1 Å². The van der Waals surface area contributed by atoms with E-state index in [4.69, 9.17) is 4.74 Å². The first-order valence-electron chi connectivity index (χ1n) is 9.47. The maximum Gasteiger partial charge on any atom is 0.226 e. The average molecular weight is 334 g/mol. The van der Waals surface area contributed by atoms with Crippen molar-refractivity contribution >= 4 is 11.8 Å². The number of hydrogen-bond acceptors (Lipinski definition) is 3. The number of carbonyl (C=O) groups excluding carboxylic acids is 2. The van der Waals surface area contributed by atoms with Crippen LogP contribution in [0.1, 0.15) is 45.4 Å². The number of ether oxygens (including phenoxy) is 1.